The fourth-order valence-corrected chi connectivity index (χ4v) is 1.28. The number of benzene rings is 1. The lowest BCUT2D eigenvalue weighted by Gasteiger charge is -2.05. The van der Waals surface area contributed by atoms with E-state index < -0.39 is 0 Å². The number of ether oxygens (including phenoxy) is 1. The van der Waals surface area contributed by atoms with Gasteiger partial charge >= 0.3 is 0 Å². The minimum Gasteiger partial charge on any atom is -0.493 e. The number of carbonyl (C=O) groups is 1. The van der Waals surface area contributed by atoms with Crippen molar-refractivity contribution in [3.63, 3.8) is 0 Å². The summed E-state index contributed by atoms with van der Waals surface area (Å²) in [6.45, 7) is 6.17. The zero-order chi connectivity index (χ0) is 11.8. The third-order valence-electron chi connectivity index (χ3n) is 2.22. The summed E-state index contributed by atoms with van der Waals surface area (Å²) < 4.78 is 5.44. The van der Waals surface area contributed by atoms with Crippen molar-refractivity contribution in [2.24, 2.45) is 0 Å². The normalized spacial score (nSPS) is 9.81. The lowest BCUT2D eigenvalue weighted by molar-refractivity contribution is -0.119. The lowest BCUT2D eigenvalue weighted by Crippen LogP contribution is -2.06. The van der Waals surface area contributed by atoms with Crippen LogP contribution < -0.4 is 4.74 Å². The van der Waals surface area contributed by atoms with Gasteiger partial charge in [0.25, 0.3) is 0 Å². The molecule has 0 N–H and O–H groups in total. The molecule has 1 aromatic carbocycles. The molecular weight excluding hydrogens is 200 g/mol. The molecule has 0 fully saturated rings. The summed E-state index contributed by atoms with van der Waals surface area (Å²) in [5.74, 6) is 1.05. The topological polar surface area (TPSA) is 26.3 Å². The smallest absolute Gasteiger partial charge is 0.136 e. The van der Waals surface area contributed by atoms with Crippen molar-refractivity contribution in [1.82, 2.24) is 0 Å². The van der Waals surface area contributed by atoms with Gasteiger partial charge in [0.05, 0.1) is 6.61 Å². The monoisotopic (exact) mass is 218 g/mol. The first kappa shape index (κ1) is 12.5. The maximum Gasteiger partial charge on any atom is 0.136 e. The highest BCUT2D eigenvalue weighted by atomic mass is 16.5. The van der Waals surface area contributed by atoms with Crippen LogP contribution in [0.1, 0.15) is 26.2 Å². The van der Waals surface area contributed by atoms with E-state index in [1.54, 1.807) is 0 Å². The summed E-state index contributed by atoms with van der Waals surface area (Å²) in [4.78, 5) is 11.4. The maximum absolute atomic E-state index is 11.4. The molecule has 0 amide bonds. The van der Waals surface area contributed by atoms with Crippen molar-refractivity contribution in [3.8, 4) is 5.75 Å². The van der Waals surface area contributed by atoms with Gasteiger partial charge in [-0.3, -0.25) is 4.79 Å². The fraction of sp³-hybridized carbons (Fsp3) is 0.357. The largest absolute Gasteiger partial charge is 0.493 e. The second-order valence-electron chi connectivity index (χ2n) is 3.91. The first-order valence-corrected chi connectivity index (χ1v) is 5.52. The number of hydrogen-bond acceptors (Lipinski definition) is 2. The van der Waals surface area contributed by atoms with Crippen LogP contribution in [0, 0.1) is 0 Å². The highest BCUT2D eigenvalue weighted by molar-refractivity contribution is 5.78. The van der Waals surface area contributed by atoms with Gasteiger partial charge in [0.2, 0.25) is 0 Å². The second kappa shape index (κ2) is 6.83. The quantitative estimate of drug-likeness (QED) is 0.656. The van der Waals surface area contributed by atoms with Crippen LogP contribution in [0.3, 0.4) is 0 Å². The third kappa shape index (κ3) is 5.35. The van der Waals surface area contributed by atoms with Crippen LogP contribution in [0.2, 0.25) is 0 Å². The van der Waals surface area contributed by atoms with Crippen molar-refractivity contribution in [1.29, 1.82) is 0 Å². The molecule has 1 aromatic rings. The molecule has 0 saturated carbocycles. The molecule has 0 aliphatic heterocycles. The van der Waals surface area contributed by atoms with E-state index in [-0.39, 0.29) is 5.78 Å². The van der Waals surface area contributed by atoms with Crippen LogP contribution >= 0.6 is 0 Å². The molecule has 16 heavy (non-hydrogen) atoms. The highest BCUT2D eigenvalue weighted by Crippen LogP contribution is 2.09. The van der Waals surface area contributed by atoms with Gasteiger partial charge in [-0.2, -0.15) is 0 Å². The van der Waals surface area contributed by atoms with Crippen LogP contribution in [0.15, 0.2) is 42.5 Å². The Balaban J connectivity index is 2.16. The molecule has 0 bridgehead atoms. The standard InChI is InChI=1S/C14H18O2/c1-12(2)8-9-13(15)10-11-16-14-6-4-3-5-7-14/h3-7H,1,8-11H2,2H3. The molecule has 0 atom stereocenters. The van der Waals surface area contributed by atoms with Gasteiger partial charge < -0.3 is 4.74 Å². The van der Waals surface area contributed by atoms with Crippen molar-refractivity contribution in [2.75, 3.05) is 6.61 Å². The first-order valence-electron chi connectivity index (χ1n) is 5.52. The molecule has 2 nitrogen and oxygen atoms in total. The van der Waals surface area contributed by atoms with Crippen LogP contribution in [0.4, 0.5) is 0 Å². The molecule has 0 spiro atoms. The van der Waals surface area contributed by atoms with Gasteiger partial charge in [-0.05, 0) is 25.5 Å². The van der Waals surface area contributed by atoms with E-state index in [2.05, 4.69) is 6.58 Å². The second-order valence-corrected chi connectivity index (χ2v) is 3.91. The summed E-state index contributed by atoms with van der Waals surface area (Å²) in [5, 5.41) is 0. The van der Waals surface area contributed by atoms with Crippen molar-refractivity contribution in [3.05, 3.63) is 42.5 Å². The number of Topliss-reactive ketones (excluding diaryl/α,β-unsaturated/α-hetero) is 1. The van der Waals surface area contributed by atoms with E-state index in [1.165, 1.54) is 0 Å². The molecule has 0 radical (unpaired) electrons. The fourth-order valence-electron chi connectivity index (χ4n) is 1.28. The minimum absolute atomic E-state index is 0.235. The molecule has 0 aliphatic rings. The molecule has 0 aromatic heterocycles. The van der Waals surface area contributed by atoms with Gasteiger partial charge in [0.1, 0.15) is 11.5 Å². The third-order valence-corrected chi connectivity index (χ3v) is 2.22. The molecule has 0 saturated heterocycles. The maximum atomic E-state index is 11.4. The Labute approximate surface area is 96.9 Å². The van der Waals surface area contributed by atoms with E-state index in [9.17, 15) is 4.79 Å². The predicted molar refractivity (Wildman–Crippen MR) is 65.6 cm³/mol. The first-order chi connectivity index (χ1) is 7.68. The Hall–Kier alpha value is -1.57. The highest BCUT2D eigenvalue weighted by Gasteiger charge is 2.02. The predicted octanol–water partition coefficient (Wildman–Crippen LogP) is 3.38. The Kier molecular flexibility index (Phi) is 5.34. The van der Waals surface area contributed by atoms with Gasteiger partial charge in [0, 0.05) is 12.8 Å². The van der Waals surface area contributed by atoms with Crippen LogP contribution in [-0.2, 0) is 4.79 Å². The van der Waals surface area contributed by atoms with Crippen LogP contribution in [-0.4, -0.2) is 12.4 Å². The van der Waals surface area contributed by atoms with Crippen molar-refractivity contribution < 1.29 is 9.53 Å². The zero-order valence-corrected chi connectivity index (χ0v) is 9.74. The molecule has 0 unspecified atom stereocenters. The molecular formula is C14H18O2. The molecule has 1 rings (SSSR count). The van der Waals surface area contributed by atoms with E-state index in [1.807, 2.05) is 37.3 Å². The number of hydrogen-bond donors (Lipinski definition) is 0. The Morgan fingerprint density at radius 3 is 2.50 bits per heavy atom. The molecule has 0 aliphatic carbocycles. The summed E-state index contributed by atoms with van der Waals surface area (Å²) in [6.07, 6.45) is 1.83. The van der Waals surface area contributed by atoms with E-state index in [0.717, 1.165) is 17.7 Å². The van der Waals surface area contributed by atoms with E-state index in [0.29, 0.717) is 19.4 Å². The number of allylic oxidation sites excluding steroid dienone is 1. The number of para-hydroxylation sites is 1. The van der Waals surface area contributed by atoms with Gasteiger partial charge in [-0.1, -0.05) is 23.8 Å². The van der Waals surface area contributed by atoms with Crippen molar-refractivity contribution >= 4 is 5.78 Å². The Morgan fingerprint density at radius 1 is 1.19 bits per heavy atom. The number of carbonyl (C=O) groups excluding carboxylic acids is 1. The number of ketones is 1. The number of rotatable bonds is 7. The van der Waals surface area contributed by atoms with Crippen molar-refractivity contribution in [2.45, 2.75) is 26.2 Å². The zero-order valence-electron chi connectivity index (χ0n) is 9.74. The summed E-state index contributed by atoms with van der Waals surface area (Å²) in [6, 6.07) is 9.54. The van der Waals surface area contributed by atoms with Crippen LogP contribution in [0.25, 0.3) is 0 Å². The average Bonchev–Trinajstić information content (AvgIpc) is 2.28. The Bertz CT molecular complexity index is 341. The Morgan fingerprint density at radius 2 is 1.88 bits per heavy atom. The average molecular weight is 218 g/mol. The summed E-state index contributed by atoms with van der Waals surface area (Å²) in [5.41, 5.74) is 1.05. The molecule has 0 heterocycles. The molecule has 2 heteroatoms. The minimum atomic E-state index is 0.235. The summed E-state index contributed by atoms with van der Waals surface area (Å²) in [7, 11) is 0. The lowest BCUT2D eigenvalue weighted by atomic mass is 10.1. The van der Waals surface area contributed by atoms with Gasteiger partial charge in [0.15, 0.2) is 0 Å². The SMILES string of the molecule is C=C(C)CCC(=O)CCOc1ccccc1. The molecule has 86 valence electrons. The van der Waals surface area contributed by atoms with Crippen LogP contribution in [0.5, 0.6) is 5.75 Å². The summed E-state index contributed by atoms with van der Waals surface area (Å²) >= 11 is 0. The van der Waals surface area contributed by atoms with Gasteiger partial charge in [-0.15, -0.1) is 6.58 Å². The van der Waals surface area contributed by atoms with E-state index >= 15 is 0 Å². The van der Waals surface area contributed by atoms with Gasteiger partial charge in [-0.25, -0.2) is 0 Å². The van der Waals surface area contributed by atoms with E-state index in [4.69, 9.17) is 4.74 Å².